The Morgan fingerprint density at radius 1 is 0.738 bits per heavy atom. The molecular weight excluding hydrogens is 562 g/mol. The van der Waals surface area contributed by atoms with E-state index in [9.17, 15) is 40.7 Å². The average Bonchev–Trinajstić information content (AvgIpc) is 2.93. The summed E-state index contributed by atoms with van der Waals surface area (Å²) in [6.07, 6.45) is -10.0. The van der Waals surface area contributed by atoms with Gasteiger partial charge in [-0.05, 0) is 74.2 Å². The fraction of sp³-hybridized carbons (Fsp3) is 0.323. The van der Waals surface area contributed by atoms with Crippen LogP contribution in [0.5, 0.6) is 0 Å². The molecule has 222 valence electrons. The molecule has 11 heteroatoms. The summed E-state index contributed by atoms with van der Waals surface area (Å²) in [6, 6.07) is 11.8. The Balaban J connectivity index is 1.70. The molecule has 2 amide bonds. The van der Waals surface area contributed by atoms with Crippen molar-refractivity contribution in [1.29, 1.82) is 0 Å². The highest BCUT2D eigenvalue weighted by molar-refractivity contribution is 6.00. The Hall–Kier alpha value is -4.15. The van der Waals surface area contributed by atoms with Gasteiger partial charge < -0.3 is 9.80 Å². The maximum Gasteiger partial charge on any atom is 0.416 e. The fourth-order valence-electron chi connectivity index (χ4n) is 4.98. The number of piperazine rings is 1. The first-order valence-electron chi connectivity index (χ1n) is 13.1. The molecule has 0 bridgehead atoms. The van der Waals surface area contributed by atoms with Crippen LogP contribution in [0.25, 0.3) is 0 Å². The van der Waals surface area contributed by atoms with E-state index >= 15 is 0 Å². The monoisotopic (exact) mass is 590 g/mol. The van der Waals surface area contributed by atoms with Crippen LogP contribution in [0.3, 0.4) is 0 Å². The van der Waals surface area contributed by atoms with E-state index in [0.717, 1.165) is 16.7 Å². The third-order valence-corrected chi connectivity index (χ3v) is 7.42. The number of carbonyl (C=O) groups excluding carboxylic acids is 3. The van der Waals surface area contributed by atoms with Crippen molar-refractivity contribution in [3.63, 3.8) is 0 Å². The second-order valence-corrected chi connectivity index (χ2v) is 10.5. The van der Waals surface area contributed by atoms with Gasteiger partial charge in [-0.3, -0.25) is 14.4 Å². The molecule has 1 heterocycles. The molecule has 0 unspecified atom stereocenters. The van der Waals surface area contributed by atoms with Crippen molar-refractivity contribution < 1.29 is 40.7 Å². The number of carbonyl (C=O) groups is 3. The lowest BCUT2D eigenvalue weighted by atomic mass is 9.96. The Bertz CT molecular complexity index is 1500. The van der Waals surface area contributed by atoms with Gasteiger partial charge in [0, 0.05) is 36.3 Å². The summed E-state index contributed by atoms with van der Waals surface area (Å²) < 4.78 is 81.0. The number of alkyl halides is 6. The largest absolute Gasteiger partial charge is 0.416 e. The quantitative estimate of drug-likeness (QED) is 0.244. The second kappa shape index (κ2) is 11.6. The lowest BCUT2D eigenvalue weighted by Gasteiger charge is -2.42. The maximum atomic E-state index is 13.6. The van der Waals surface area contributed by atoms with Crippen LogP contribution in [0.1, 0.15) is 65.8 Å². The third kappa shape index (κ3) is 6.83. The van der Waals surface area contributed by atoms with Crippen molar-refractivity contribution in [3.05, 3.63) is 105 Å². The topological polar surface area (TPSA) is 57.7 Å². The highest BCUT2D eigenvalue weighted by Gasteiger charge is 2.39. The van der Waals surface area contributed by atoms with E-state index in [-0.39, 0.29) is 43.5 Å². The number of nitrogens with zero attached hydrogens (tertiary/aromatic N) is 2. The molecule has 42 heavy (non-hydrogen) atoms. The maximum absolute atomic E-state index is 13.6. The first-order chi connectivity index (χ1) is 19.5. The Labute approximate surface area is 238 Å². The van der Waals surface area contributed by atoms with Gasteiger partial charge in [0.2, 0.25) is 0 Å². The molecular formula is C31H28F6N2O3. The van der Waals surface area contributed by atoms with Gasteiger partial charge in [0.1, 0.15) is 0 Å². The summed E-state index contributed by atoms with van der Waals surface area (Å²) in [4.78, 5) is 41.5. The van der Waals surface area contributed by atoms with E-state index in [2.05, 4.69) is 0 Å². The molecule has 3 aromatic carbocycles. The van der Waals surface area contributed by atoms with Crippen LogP contribution in [0.4, 0.5) is 26.3 Å². The van der Waals surface area contributed by atoms with Crippen molar-refractivity contribution in [2.24, 2.45) is 0 Å². The van der Waals surface area contributed by atoms with Crippen molar-refractivity contribution >= 4 is 17.6 Å². The smallest absolute Gasteiger partial charge is 0.335 e. The van der Waals surface area contributed by atoms with Gasteiger partial charge in [0.25, 0.3) is 11.8 Å². The van der Waals surface area contributed by atoms with Crippen LogP contribution in [0.15, 0.2) is 60.7 Å². The molecule has 0 saturated carbocycles. The molecule has 0 aromatic heterocycles. The number of halogens is 6. The van der Waals surface area contributed by atoms with Gasteiger partial charge in [0.15, 0.2) is 5.78 Å². The van der Waals surface area contributed by atoms with Gasteiger partial charge in [-0.15, -0.1) is 0 Å². The zero-order chi connectivity index (χ0) is 31.0. The third-order valence-electron chi connectivity index (χ3n) is 7.42. The van der Waals surface area contributed by atoms with Crippen LogP contribution in [-0.4, -0.2) is 53.1 Å². The lowest BCUT2D eigenvalue weighted by molar-refractivity contribution is -0.143. The molecule has 1 aliphatic rings. The molecule has 5 nitrogen and oxygen atoms in total. The Kier molecular flexibility index (Phi) is 8.52. The van der Waals surface area contributed by atoms with E-state index < -0.39 is 46.9 Å². The number of hydrogen-bond acceptors (Lipinski definition) is 3. The minimum Gasteiger partial charge on any atom is -0.335 e. The van der Waals surface area contributed by atoms with Crippen LogP contribution in [0.2, 0.25) is 0 Å². The summed E-state index contributed by atoms with van der Waals surface area (Å²) in [7, 11) is 0. The lowest BCUT2D eigenvalue weighted by Crippen LogP contribution is -2.57. The molecule has 1 fully saturated rings. The van der Waals surface area contributed by atoms with Gasteiger partial charge in [-0.1, -0.05) is 30.3 Å². The highest BCUT2D eigenvalue weighted by Crippen LogP contribution is 2.37. The van der Waals surface area contributed by atoms with Crippen LogP contribution in [-0.2, 0) is 18.8 Å². The number of Topliss-reactive ketones (excluding diaryl/α,β-unsaturated/α-hetero) is 1. The summed E-state index contributed by atoms with van der Waals surface area (Å²) >= 11 is 0. The van der Waals surface area contributed by atoms with Gasteiger partial charge >= 0.3 is 12.4 Å². The normalized spacial score (nSPS) is 16.0. The van der Waals surface area contributed by atoms with Gasteiger partial charge in [-0.2, -0.15) is 26.3 Å². The van der Waals surface area contributed by atoms with Crippen molar-refractivity contribution in [3.8, 4) is 0 Å². The summed E-state index contributed by atoms with van der Waals surface area (Å²) in [5.74, 6) is -1.63. The van der Waals surface area contributed by atoms with E-state index in [4.69, 9.17) is 0 Å². The molecule has 0 radical (unpaired) electrons. The summed E-state index contributed by atoms with van der Waals surface area (Å²) in [6.45, 7) is 5.02. The molecule has 3 aromatic rings. The zero-order valence-electron chi connectivity index (χ0n) is 23.1. The van der Waals surface area contributed by atoms with Crippen LogP contribution < -0.4 is 0 Å². The van der Waals surface area contributed by atoms with Gasteiger partial charge in [0.05, 0.1) is 17.2 Å². The predicted octanol–water partition coefficient (Wildman–Crippen LogP) is 6.75. The zero-order valence-corrected chi connectivity index (χ0v) is 23.1. The van der Waals surface area contributed by atoms with Gasteiger partial charge in [-0.25, -0.2) is 0 Å². The molecule has 0 spiro atoms. The number of aryl methyl sites for hydroxylation is 2. The number of amides is 2. The summed E-state index contributed by atoms with van der Waals surface area (Å²) in [5, 5.41) is 0. The molecule has 1 saturated heterocycles. The number of ketones is 1. The molecule has 0 aliphatic carbocycles. The summed E-state index contributed by atoms with van der Waals surface area (Å²) in [5.41, 5.74) is -0.545. The Morgan fingerprint density at radius 2 is 1.36 bits per heavy atom. The van der Waals surface area contributed by atoms with Crippen molar-refractivity contribution in [2.45, 2.75) is 45.6 Å². The number of benzene rings is 3. The minimum absolute atomic E-state index is 0.0105. The molecule has 1 aliphatic heterocycles. The fourth-order valence-corrected chi connectivity index (χ4v) is 4.98. The second-order valence-electron chi connectivity index (χ2n) is 10.5. The predicted molar refractivity (Wildman–Crippen MR) is 143 cm³/mol. The van der Waals surface area contributed by atoms with Crippen LogP contribution in [0, 0.1) is 13.8 Å². The van der Waals surface area contributed by atoms with Crippen LogP contribution >= 0.6 is 0 Å². The van der Waals surface area contributed by atoms with E-state index in [0.29, 0.717) is 17.7 Å². The number of hydrogen-bond donors (Lipinski definition) is 0. The SMILES string of the molecule is CC(=O)c1cccc(C(=O)N2CCN(C(=O)c3cc(C(F)(F)F)cc(C(F)(F)F)c3)[C@H](Cc3ccc(C)c(C)c3)C2)c1. The molecule has 1 atom stereocenters. The first kappa shape index (κ1) is 30.8. The number of rotatable bonds is 5. The minimum atomic E-state index is -5.10. The highest BCUT2D eigenvalue weighted by atomic mass is 19.4. The van der Waals surface area contributed by atoms with Crippen molar-refractivity contribution in [2.75, 3.05) is 19.6 Å². The van der Waals surface area contributed by atoms with E-state index in [1.807, 2.05) is 32.0 Å². The average molecular weight is 591 g/mol. The standard InChI is InChI=1S/C31H28F6N2O3/c1-18-7-8-21(11-19(18)2)12-27-17-38(28(41)23-6-4-5-22(13-23)20(3)40)9-10-39(27)29(42)24-14-25(30(32,33)34)16-26(15-24)31(35,36)37/h4-8,11,13-16,27H,9-10,12,17H2,1-3H3/t27-/m1/s1. The van der Waals surface area contributed by atoms with E-state index in [1.165, 1.54) is 22.8 Å². The Morgan fingerprint density at radius 3 is 1.93 bits per heavy atom. The van der Waals surface area contributed by atoms with Crippen molar-refractivity contribution in [1.82, 2.24) is 9.80 Å². The first-order valence-corrected chi connectivity index (χ1v) is 13.1. The molecule has 4 rings (SSSR count). The van der Waals surface area contributed by atoms with E-state index in [1.54, 1.807) is 18.2 Å². The molecule has 0 N–H and O–H groups in total.